The molecule has 8 aromatic carbocycles. The van der Waals surface area contributed by atoms with Crippen LogP contribution in [0, 0.1) is 5.82 Å². The third-order valence-electron chi connectivity index (χ3n) is 10.7. The zero-order valence-electron chi connectivity index (χ0n) is 28.3. The van der Waals surface area contributed by atoms with Crippen molar-refractivity contribution in [3.8, 4) is 16.8 Å². The summed E-state index contributed by atoms with van der Waals surface area (Å²) in [6, 6.07) is 70.0. The summed E-state index contributed by atoms with van der Waals surface area (Å²) >= 11 is 0. The van der Waals surface area contributed by atoms with Crippen LogP contribution in [0.15, 0.2) is 200 Å². The molecule has 10 rings (SSSR count). The van der Waals surface area contributed by atoms with E-state index in [1.54, 1.807) is 12.1 Å². The van der Waals surface area contributed by atoms with Gasteiger partial charge in [-0.05, 0) is 106 Å². The summed E-state index contributed by atoms with van der Waals surface area (Å²) in [5.41, 5.74) is 13.1. The first-order chi connectivity index (χ1) is 25.7. The van der Waals surface area contributed by atoms with Gasteiger partial charge in [-0.1, -0.05) is 127 Å². The summed E-state index contributed by atoms with van der Waals surface area (Å²) in [6.45, 7) is 0. The summed E-state index contributed by atoms with van der Waals surface area (Å²) in [6.07, 6.45) is 0. The van der Waals surface area contributed by atoms with E-state index in [9.17, 15) is 4.39 Å². The van der Waals surface area contributed by atoms with Crippen molar-refractivity contribution in [2.24, 2.45) is 0 Å². The van der Waals surface area contributed by atoms with E-state index >= 15 is 0 Å². The Labute approximate surface area is 302 Å². The van der Waals surface area contributed by atoms with Crippen molar-refractivity contribution < 1.29 is 4.39 Å². The van der Waals surface area contributed by atoms with Gasteiger partial charge in [-0.15, -0.1) is 0 Å². The molecule has 52 heavy (non-hydrogen) atoms. The molecule has 0 fully saturated rings. The van der Waals surface area contributed by atoms with Gasteiger partial charge in [0.25, 0.3) is 0 Å². The monoisotopic (exact) mass is 668 g/mol. The summed E-state index contributed by atoms with van der Waals surface area (Å²) in [4.78, 5) is 2.26. The summed E-state index contributed by atoms with van der Waals surface area (Å²) in [5.74, 6) is -0.262. The number of hydrogen-bond acceptors (Lipinski definition) is 1. The SMILES string of the molecule is Fc1ccc(N(c2ccc3c(c2)C(c2ccccc2)(c2ccccc2)c2ccccc2-3)c2ccc3c(c2)c2ccccc2n3-c2ccccc2)cc1. The molecule has 246 valence electrons. The first-order valence-corrected chi connectivity index (χ1v) is 17.7. The topological polar surface area (TPSA) is 8.17 Å². The molecular weight excluding hydrogens is 636 g/mol. The van der Waals surface area contributed by atoms with Crippen LogP contribution in [0.25, 0.3) is 38.6 Å². The molecule has 1 aromatic heterocycles. The molecule has 0 N–H and O–H groups in total. The molecule has 0 radical (unpaired) electrons. The lowest BCUT2D eigenvalue weighted by Crippen LogP contribution is -2.28. The minimum atomic E-state index is -0.536. The van der Waals surface area contributed by atoms with Gasteiger partial charge in [0.05, 0.1) is 16.4 Å². The predicted molar refractivity (Wildman–Crippen MR) is 213 cm³/mol. The van der Waals surface area contributed by atoms with Gasteiger partial charge in [-0.2, -0.15) is 0 Å². The van der Waals surface area contributed by atoms with Crippen LogP contribution in [0.5, 0.6) is 0 Å². The molecule has 0 spiro atoms. The van der Waals surface area contributed by atoms with Crippen molar-refractivity contribution in [1.29, 1.82) is 0 Å². The van der Waals surface area contributed by atoms with Gasteiger partial charge in [0.1, 0.15) is 5.82 Å². The fraction of sp³-hybridized carbons (Fsp3) is 0.0204. The second kappa shape index (κ2) is 12.0. The molecule has 0 amide bonds. The highest BCUT2D eigenvalue weighted by Gasteiger charge is 2.46. The Bertz CT molecular complexity index is 2690. The maximum Gasteiger partial charge on any atom is 0.123 e. The molecule has 1 aliphatic carbocycles. The van der Waals surface area contributed by atoms with Gasteiger partial charge in [-0.3, -0.25) is 0 Å². The Balaban J connectivity index is 1.24. The van der Waals surface area contributed by atoms with E-state index in [1.165, 1.54) is 38.8 Å². The third kappa shape index (κ3) is 4.49. The van der Waals surface area contributed by atoms with Crippen LogP contribution < -0.4 is 4.90 Å². The van der Waals surface area contributed by atoms with Gasteiger partial charge >= 0.3 is 0 Å². The van der Waals surface area contributed by atoms with Crippen LogP contribution >= 0.6 is 0 Å². The number of nitrogens with zero attached hydrogens (tertiary/aromatic N) is 2. The Hall–Kier alpha value is -6.71. The van der Waals surface area contributed by atoms with Crippen LogP contribution in [0.4, 0.5) is 21.5 Å². The first kappa shape index (κ1) is 30.1. The van der Waals surface area contributed by atoms with Gasteiger partial charge < -0.3 is 9.47 Å². The third-order valence-corrected chi connectivity index (χ3v) is 10.7. The molecule has 3 heteroatoms. The normalized spacial score (nSPS) is 12.9. The standard InChI is InChI=1S/C49H33FN2/c50-36-24-26-38(27-25-36)51(39-29-31-48-44(32-39)43-21-11-13-23-47(43)52(48)37-18-8-3-9-19-37)40-28-30-42-41-20-10-12-22-45(41)49(46(42)33-40,34-14-4-1-5-15-34)35-16-6-2-7-17-35/h1-33H. The molecule has 0 aliphatic heterocycles. The highest BCUT2D eigenvalue weighted by molar-refractivity contribution is 6.10. The zero-order valence-corrected chi connectivity index (χ0v) is 28.3. The Morgan fingerprint density at radius 3 is 1.67 bits per heavy atom. The van der Waals surface area contributed by atoms with Gasteiger partial charge in [0.15, 0.2) is 0 Å². The molecule has 9 aromatic rings. The minimum absolute atomic E-state index is 0.262. The molecule has 0 unspecified atom stereocenters. The number of fused-ring (bicyclic) bond motifs is 6. The fourth-order valence-electron chi connectivity index (χ4n) is 8.56. The number of para-hydroxylation sites is 2. The van der Waals surface area contributed by atoms with Gasteiger partial charge in [-0.25, -0.2) is 4.39 Å². The average Bonchev–Trinajstić information content (AvgIpc) is 3.70. The zero-order chi connectivity index (χ0) is 34.6. The lowest BCUT2D eigenvalue weighted by Gasteiger charge is -2.35. The highest BCUT2D eigenvalue weighted by Crippen LogP contribution is 2.57. The molecule has 2 nitrogen and oxygen atoms in total. The predicted octanol–water partition coefficient (Wildman–Crippen LogP) is 12.8. The van der Waals surface area contributed by atoms with Crippen molar-refractivity contribution in [1.82, 2.24) is 4.57 Å². The smallest absolute Gasteiger partial charge is 0.123 e. The fourth-order valence-corrected chi connectivity index (χ4v) is 8.56. The number of halogens is 1. The first-order valence-electron chi connectivity index (χ1n) is 17.7. The molecule has 0 saturated heterocycles. The second-order valence-corrected chi connectivity index (χ2v) is 13.5. The van der Waals surface area contributed by atoms with Gasteiger partial charge in [0, 0.05) is 33.5 Å². The van der Waals surface area contributed by atoms with Crippen LogP contribution in [0.1, 0.15) is 22.3 Å². The van der Waals surface area contributed by atoms with E-state index in [1.807, 2.05) is 12.1 Å². The van der Waals surface area contributed by atoms with Crippen LogP contribution in [0.3, 0.4) is 0 Å². The van der Waals surface area contributed by atoms with E-state index < -0.39 is 5.41 Å². The summed E-state index contributed by atoms with van der Waals surface area (Å²) < 4.78 is 16.8. The van der Waals surface area contributed by atoms with E-state index in [-0.39, 0.29) is 5.82 Å². The van der Waals surface area contributed by atoms with Crippen LogP contribution in [0.2, 0.25) is 0 Å². The molecule has 0 saturated carbocycles. The lowest BCUT2D eigenvalue weighted by molar-refractivity contribution is 0.628. The van der Waals surface area contributed by atoms with E-state index in [4.69, 9.17) is 0 Å². The number of benzene rings is 8. The van der Waals surface area contributed by atoms with Crippen molar-refractivity contribution in [2.75, 3.05) is 4.90 Å². The Morgan fingerprint density at radius 2 is 0.942 bits per heavy atom. The molecule has 0 atom stereocenters. The Morgan fingerprint density at radius 1 is 0.404 bits per heavy atom. The van der Waals surface area contributed by atoms with Crippen molar-refractivity contribution in [3.63, 3.8) is 0 Å². The largest absolute Gasteiger partial charge is 0.310 e. The quantitative estimate of drug-likeness (QED) is 0.171. The maximum atomic E-state index is 14.5. The molecule has 1 aliphatic rings. The molecule has 1 heterocycles. The van der Waals surface area contributed by atoms with Crippen LogP contribution in [-0.2, 0) is 5.41 Å². The second-order valence-electron chi connectivity index (χ2n) is 13.5. The van der Waals surface area contributed by atoms with E-state index in [0.717, 1.165) is 39.2 Å². The molecule has 0 bridgehead atoms. The number of anilines is 3. The van der Waals surface area contributed by atoms with E-state index in [0.29, 0.717) is 0 Å². The molecular formula is C49H33FN2. The number of aromatic nitrogens is 1. The summed E-state index contributed by atoms with van der Waals surface area (Å²) in [7, 11) is 0. The van der Waals surface area contributed by atoms with E-state index in [2.05, 4.69) is 185 Å². The maximum absolute atomic E-state index is 14.5. The Kier molecular flexibility index (Phi) is 6.94. The number of hydrogen-bond donors (Lipinski definition) is 0. The number of rotatable bonds is 6. The van der Waals surface area contributed by atoms with Crippen molar-refractivity contribution in [2.45, 2.75) is 5.41 Å². The lowest BCUT2D eigenvalue weighted by atomic mass is 9.67. The summed E-state index contributed by atoms with van der Waals surface area (Å²) in [5, 5.41) is 2.33. The van der Waals surface area contributed by atoms with Gasteiger partial charge in [0.2, 0.25) is 0 Å². The van der Waals surface area contributed by atoms with Crippen molar-refractivity contribution >= 4 is 38.9 Å². The van der Waals surface area contributed by atoms with Crippen LogP contribution in [-0.4, -0.2) is 4.57 Å². The minimum Gasteiger partial charge on any atom is -0.310 e. The highest BCUT2D eigenvalue weighted by atomic mass is 19.1. The van der Waals surface area contributed by atoms with Crippen molar-refractivity contribution in [3.05, 3.63) is 228 Å². The average molecular weight is 669 g/mol.